The van der Waals surface area contributed by atoms with Crippen LogP contribution < -0.4 is 10.9 Å². The first-order valence-electron chi connectivity index (χ1n) is 7.15. The molecule has 0 saturated heterocycles. The highest BCUT2D eigenvalue weighted by Gasteiger charge is 2.39. The van der Waals surface area contributed by atoms with Gasteiger partial charge in [-0.3, -0.25) is 19.4 Å². The second-order valence-electron chi connectivity index (χ2n) is 7.68. The van der Waals surface area contributed by atoms with Gasteiger partial charge in [-0.25, -0.2) is 0 Å². The van der Waals surface area contributed by atoms with E-state index in [4.69, 9.17) is 0 Å². The molecule has 20 heavy (non-hydrogen) atoms. The minimum absolute atomic E-state index is 0.126. The number of nitrogens with zero attached hydrogens (tertiary/aromatic N) is 1. The van der Waals surface area contributed by atoms with E-state index in [1.54, 1.807) is 7.05 Å². The molecule has 1 aromatic heterocycles. The molecule has 1 amide bonds. The van der Waals surface area contributed by atoms with Crippen LogP contribution in [0, 0.1) is 10.8 Å². The van der Waals surface area contributed by atoms with Gasteiger partial charge in [0.05, 0.1) is 0 Å². The van der Waals surface area contributed by atoms with Gasteiger partial charge >= 0.3 is 0 Å². The average molecular weight is 279 g/mol. The van der Waals surface area contributed by atoms with Gasteiger partial charge in [0.1, 0.15) is 5.56 Å². The summed E-state index contributed by atoms with van der Waals surface area (Å²) in [5.74, 6) is -0.273. The third kappa shape index (κ3) is 3.32. The molecule has 1 aromatic rings. The first-order valence-corrected chi connectivity index (χ1v) is 7.15. The van der Waals surface area contributed by atoms with Crippen molar-refractivity contribution in [1.82, 2.24) is 15.1 Å². The third-order valence-electron chi connectivity index (χ3n) is 3.98. The molecule has 1 saturated carbocycles. The fourth-order valence-corrected chi connectivity index (χ4v) is 3.88. The highest BCUT2D eigenvalue weighted by Crippen LogP contribution is 2.45. The number of carbonyl (C=O) groups is 1. The van der Waals surface area contributed by atoms with Crippen molar-refractivity contribution in [3.05, 3.63) is 22.1 Å². The molecule has 0 bridgehead atoms. The number of nitrogens with one attached hydrogen (secondary N) is 2. The maximum Gasteiger partial charge on any atom is 0.276 e. The molecule has 2 rings (SSSR count). The summed E-state index contributed by atoms with van der Waals surface area (Å²) in [6.45, 7) is 8.95. The number of amides is 1. The smallest absolute Gasteiger partial charge is 0.276 e. The molecule has 112 valence electrons. The highest BCUT2D eigenvalue weighted by atomic mass is 16.2. The van der Waals surface area contributed by atoms with E-state index >= 15 is 0 Å². The van der Waals surface area contributed by atoms with Crippen LogP contribution in [0.5, 0.6) is 0 Å². The molecule has 0 aromatic carbocycles. The topological polar surface area (TPSA) is 66.9 Å². The Hall–Kier alpha value is -1.52. The summed E-state index contributed by atoms with van der Waals surface area (Å²) in [6.07, 6.45) is 4.59. The summed E-state index contributed by atoms with van der Waals surface area (Å²) < 4.78 is 1.51. The Balaban J connectivity index is 2.11. The number of carbonyl (C=O) groups excluding carboxylic acids is 1. The molecular formula is C15H25N3O2. The van der Waals surface area contributed by atoms with Crippen molar-refractivity contribution in [2.45, 2.75) is 53.0 Å². The number of hydrogen-bond donors (Lipinski definition) is 2. The molecule has 0 spiro atoms. The minimum Gasteiger partial charge on any atom is -0.349 e. The van der Waals surface area contributed by atoms with E-state index < -0.39 is 0 Å². The molecule has 5 heteroatoms. The Morgan fingerprint density at radius 1 is 1.30 bits per heavy atom. The molecule has 5 nitrogen and oxygen atoms in total. The van der Waals surface area contributed by atoms with Crippen molar-refractivity contribution in [3.8, 4) is 0 Å². The first kappa shape index (κ1) is 14.9. The highest BCUT2D eigenvalue weighted by molar-refractivity contribution is 5.93. The summed E-state index contributed by atoms with van der Waals surface area (Å²) in [6, 6.07) is 0.126. The van der Waals surface area contributed by atoms with E-state index in [2.05, 4.69) is 38.1 Å². The van der Waals surface area contributed by atoms with Crippen molar-refractivity contribution in [1.29, 1.82) is 0 Å². The monoisotopic (exact) mass is 279 g/mol. The molecule has 1 aliphatic carbocycles. The summed E-state index contributed by atoms with van der Waals surface area (Å²) in [5.41, 5.74) is 0.277. The van der Waals surface area contributed by atoms with Gasteiger partial charge in [0.25, 0.3) is 11.5 Å². The fraction of sp³-hybridized carbons (Fsp3) is 0.733. The van der Waals surface area contributed by atoms with E-state index in [-0.39, 0.29) is 33.9 Å². The van der Waals surface area contributed by atoms with Gasteiger partial charge in [-0.05, 0) is 30.1 Å². The average Bonchev–Trinajstić information content (AvgIpc) is 2.52. The Morgan fingerprint density at radius 2 is 1.85 bits per heavy atom. The minimum atomic E-state index is -0.334. The lowest BCUT2D eigenvalue weighted by molar-refractivity contribution is 0.0713. The molecule has 0 aliphatic heterocycles. The maximum absolute atomic E-state index is 12.2. The fourth-order valence-electron chi connectivity index (χ4n) is 3.88. The van der Waals surface area contributed by atoms with E-state index in [1.165, 1.54) is 10.9 Å². The molecular weight excluding hydrogens is 254 g/mol. The molecule has 1 heterocycles. The Morgan fingerprint density at radius 3 is 2.30 bits per heavy atom. The molecule has 2 N–H and O–H groups in total. The largest absolute Gasteiger partial charge is 0.349 e. The second-order valence-corrected chi connectivity index (χ2v) is 7.68. The Labute approximate surface area is 119 Å². The predicted molar refractivity (Wildman–Crippen MR) is 78.7 cm³/mol. The van der Waals surface area contributed by atoms with Crippen LogP contribution >= 0.6 is 0 Å². The van der Waals surface area contributed by atoms with E-state index in [9.17, 15) is 9.59 Å². The zero-order chi connectivity index (χ0) is 15.1. The van der Waals surface area contributed by atoms with Gasteiger partial charge < -0.3 is 5.32 Å². The van der Waals surface area contributed by atoms with Crippen molar-refractivity contribution in [2.24, 2.45) is 17.9 Å². The lowest BCUT2D eigenvalue weighted by Crippen LogP contribution is -2.46. The number of rotatable bonds is 2. The number of H-pyrrole nitrogens is 1. The lowest BCUT2D eigenvalue weighted by atomic mass is 9.63. The first-order chi connectivity index (χ1) is 9.08. The van der Waals surface area contributed by atoms with Gasteiger partial charge in [0.2, 0.25) is 0 Å². The summed E-state index contributed by atoms with van der Waals surface area (Å²) in [7, 11) is 1.70. The lowest BCUT2D eigenvalue weighted by Gasteiger charge is -2.45. The third-order valence-corrected chi connectivity index (χ3v) is 3.98. The SMILES string of the molecule is Cn1cc(C(=O)NC2CC(C)(C)CC(C)(C)C2)c(=O)[nH]1. The van der Waals surface area contributed by atoms with Crippen LogP contribution in [0.1, 0.15) is 57.3 Å². The number of aromatic nitrogens is 2. The number of aryl methyl sites for hydroxylation is 1. The molecule has 0 unspecified atom stereocenters. The predicted octanol–water partition coefficient (Wildman–Crippen LogP) is 2.05. The van der Waals surface area contributed by atoms with Crippen molar-refractivity contribution < 1.29 is 4.79 Å². The standard InChI is InChI=1S/C15H25N3O2/c1-14(2)6-10(7-15(3,4)9-14)16-12(19)11-8-18(5)17-13(11)20/h8,10H,6-7,9H2,1-5H3,(H,16,19)(H,17,20). The van der Waals surface area contributed by atoms with Crippen molar-refractivity contribution >= 4 is 5.91 Å². The summed E-state index contributed by atoms with van der Waals surface area (Å²) in [4.78, 5) is 23.9. The van der Waals surface area contributed by atoms with Crippen LogP contribution in [-0.2, 0) is 7.05 Å². The van der Waals surface area contributed by atoms with Crippen LogP contribution in [0.15, 0.2) is 11.0 Å². The number of aromatic amines is 1. The van der Waals surface area contributed by atoms with Gasteiger partial charge in [-0.1, -0.05) is 27.7 Å². The van der Waals surface area contributed by atoms with E-state index in [0.29, 0.717) is 0 Å². The second kappa shape index (κ2) is 4.79. The zero-order valence-electron chi connectivity index (χ0n) is 13.0. The molecule has 0 atom stereocenters. The summed E-state index contributed by atoms with van der Waals surface area (Å²) in [5, 5.41) is 5.59. The Kier molecular flexibility index (Phi) is 3.56. The molecule has 1 fully saturated rings. The van der Waals surface area contributed by atoms with Crippen molar-refractivity contribution in [2.75, 3.05) is 0 Å². The summed E-state index contributed by atoms with van der Waals surface area (Å²) >= 11 is 0. The molecule has 1 aliphatic rings. The van der Waals surface area contributed by atoms with Crippen LogP contribution in [0.3, 0.4) is 0 Å². The maximum atomic E-state index is 12.2. The number of hydrogen-bond acceptors (Lipinski definition) is 2. The Bertz CT molecular complexity index is 550. The molecule has 0 radical (unpaired) electrons. The van der Waals surface area contributed by atoms with E-state index in [0.717, 1.165) is 19.3 Å². The van der Waals surface area contributed by atoms with Gasteiger partial charge in [0, 0.05) is 19.3 Å². The van der Waals surface area contributed by atoms with Crippen LogP contribution in [-0.4, -0.2) is 21.7 Å². The van der Waals surface area contributed by atoms with Gasteiger partial charge in [0.15, 0.2) is 0 Å². The zero-order valence-corrected chi connectivity index (χ0v) is 13.0. The normalized spacial score (nSPS) is 21.6. The van der Waals surface area contributed by atoms with Crippen molar-refractivity contribution in [3.63, 3.8) is 0 Å². The quantitative estimate of drug-likeness (QED) is 0.870. The van der Waals surface area contributed by atoms with Crippen LogP contribution in [0.4, 0.5) is 0 Å². The van der Waals surface area contributed by atoms with Crippen LogP contribution in [0.25, 0.3) is 0 Å². The van der Waals surface area contributed by atoms with Gasteiger partial charge in [-0.2, -0.15) is 0 Å². The van der Waals surface area contributed by atoms with Gasteiger partial charge in [-0.15, -0.1) is 0 Å². The van der Waals surface area contributed by atoms with Crippen LogP contribution in [0.2, 0.25) is 0 Å². The van der Waals surface area contributed by atoms with E-state index in [1.807, 2.05) is 0 Å².